The topological polar surface area (TPSA) is 3.24 Å². The molecule has 0 aliphatic heterocycles. The summed E-state index contributed by atoms with van der Waals surface area (Å²) < 4.78 is 0. The van der Waals surface area contributed by atoms with Gasteiger partial charge in [0.1, 0.15) is 0 Å². The lowest BCUT2D eigenvalue weighted by Gasteiger charge is -2.34. The van der Waals surface area contributed by atoms with Gasteiger partial charge in [-0.25, -0.2) is 0 Å². The minimum absolute atomic E-state index is 0.0406. The molecule has 59 heavy (non-hydrogen) atoms. The van der Waals surface area contributed by atoms with Gasteiger partial charge in [-0.15, -0.1) is 0 Å². The Bertz CT molecular complexity index is 3100. The maximum atomic E-state index is 2.54. The van der Waals surface area contributed by atoms with E-state index in [1.807, 2.05) is 0 Å². The first kappa shape index (κ1) is 35.2. The van der Waals surface area contributed by atoms with Crippen molar-refractivity contribution in [3.05, 3.63) is 222 Å². The van der Waals surface area contributed by atoms with Gasteiger partial charge < -0.3 is 4.90 Å². The number of fused-ring (bicyclic) bond motifs is 7. The fraction of sp³-hybridized carbons (Fsp3) is 0.103. The average molecular weight is 756 g/mol. The summed E-state index contributed by atoms with van der Waals surface area (Å²) >= 11 is 0. The average Bonchev–Trinajstić information content (AvgIpc) is 3.66. The van der Waals surface area contributed by atoms with Crippen molar-refractivity contribution in [2.45, 2.75) is 38.5 Å². The van der Waals surface area contributed by atoms with Gasteiger partial charge in [-0.3, -0.25) is 0 Å². The fourth-order valence-corrected chi connectivity index (χ4v) is 10.3. The Balaban J connectivity index is 1.11. The van der Waals surface area contributed by atoms with Gasteiger partial charge in [-0.05, 0) is 119 Å². The third kappa shape index (κ3) is 5.45. The van der Waals surface area contributed by atoms with E-state index in [1.165, 1.54) is 94.3 Å². The molecule has 1 nitrogen and oxygen atoms in total. The Morgan fingerprint density at radius 1 is 0.322 bits per heavy atom. The molecule has 0 bridgehead atoms. The van der Waals surface area contributed by atoms with E-state index in [9.17, 15) is 0 Å². The van der Waals surface area contributed by atoms with Crippen molar-refractivity contribution in [2.75, 3.05) is 4.90 Å². The molecule has 9 aromatic carbocycles. The Labute approximate surface area is 347 Å². The van der Waals surface area contributed by atoms with Crippen LogP contribution in [0.1, 0.15) is 49.9 Å². The van der Waals surface area contributed by atoms with Gasteiger partial charge in [-0.1, -0.05) is 191 Å². The maximum absolute atomic E-state index is 2.54. The first-order chi connectivity index (χ1) is 28.8. The third-order valence-corrected chi connectivity index (χ3v) is 13.2. The molecule has 0 unspecified atom stereocenters. The van der Waals surface area contributed by atoms with E-state index in [2.05, 4.69) is 233 Å². The monoisotopic (exact) mass is 755 g/mol. The molecule has 282 valence electrons. The Morgan fingerprint density at radius 2 is 0.847 bits per heavy atom. The zero-order chi connectivity index (χ0) is 39.9. The summed E-state index contributed by atoms with van der Waals surface area (Å²) in [5.74, 6) is 0. The normalized spacial score (nSPS) is 14.0. The molecule has 0 saturated carbocycles. The number of hydrogen-bond acceptors (Lipinski definition) is 1. The molecular weight excluding hydrogens is 711 g/mol. The molecule has 0 radical (unpaired) electrons. The highest BCUT2D eigenvalue weighted by Gasteiger charge is 2.39. The van der Waals surface area contributed by atoms with Gasteiger partial charge in [0.15, 0.2) is 0 Å². The molecule has 0 spiro atoms. The standard InChI is InChI=1S/C58H45N/c1-57(2)50-25-13-11-21-46(50)48-34-32-43(37-52(48)57)40-29-30-42-36-44(33-31-41(42)35-40)59(54-28-16-24-49-47-22-12-14-26-51(47)58(3,4)56(49)54)53-27-15-23-45(38-17-7-5-8-18-38)55(53)39-19-9-6-10-20-39/h5-37H,1-4H3. The smallest absolute Gasteiger partial charge is 0.0546 e. The fourth-order valence-electron chi connectivity index (χ4n) is 10.3. The number of benzene rings is 9. The lowest BCUT2D eigenvalue weighted by molar-refractivity contribution is 0.660. The van der Waals surface area contributed by atoms with Crippen LogP contribution in [0.25, 0.3) is 66.4 Å². The van der Waals surface area contributed by atoms with Crippen molar-refractivity contribution in [3.63, 3.8) is 0 Å². The zero-order valence-corrected chi connectivity index (χ0v) is 34.0. The van der Waals surface area contributed by atoms with Crippen LogP contribution in [0.15, 0.2) is 200 Å². The summed E-state index contributed by atoms with van der Waals surface area (Å²) in [5, 5.41) is 2.43. The minimum Gasteiger partial charge on any atom is -0.309 e. The summed E-state index contributed by atoms with van der Waals surface area (Å²) in [4.78, 5) is 2.54. The van der Waals surface area contributed by atoms with Crippen molar-refractivity contribution in [1.29, 1.82) is 0 Å². The van der Waals surface area contributed by atoms with E-state index in [0.717, 1.165) is 11.4 Å². The lowest BCUT2D eigenvalue weighted by Crippen LogP contribution is -2.21. The van der Waals surface area contributed by atoms with Crippen LogP contribution in [0.5, 0.6) is 0 Å². The molecular formula is C58H45N. The summed E-state index contributed by atoms with van der Waals surface area (Å²) in [6.45, 7) is 9.49. The lowest BCUT2D eigenvalue weighted by atomic mass is 9.81. The molecule has 0 fully saturated rings. The predicted molar refractivity (Wildman–Crippen MR) is 250 cm³/mol. The van der Waals surface area contributed by atoms with E-state index in [4.69, 9.17) is 0 Å². The van der Waals surface area contributed by atoms with E-state index in [-0.39, 0.29) is 10.8 Å². The van der Waals surface area contributed by atoms with Crippen LogP contribution in [-0.4, -0.2) is 0 Å². The molecule has 2 aliphatic carbocycles. The summed E-state index contributed by atoms with van der Waals surface area (Å²) in [6, 6.07) is 74.3. The Morgan fingerprint density at radius 3 is 1.59 bits per heavy atom. The Kier molecular flexibility index (Phi) is 7.94. The van der Waals surface area contributed by atoms with Crippen molar-refractivity contribution in [1.82, 2.24) is 0 Å². The molecule has 2 aliphatic rings. The van der Waals surface area contributed by atoms with Crippen LogP contribution >= 0.6 is 0 Å². The molecule has 0 heterocycles. The van der Waals surface area contributed by atoms with E-state index < -0.39 is 0 Å². The van der Waals surface area contributed by atoms with Crippen LogP contribution in [0.4, 0.5) is 17.1 Å². The molecule has 0 amide bonds. The highest BCUT2D eigenvalue weighted by molar-refractivity contribution is 6.01. The first-order valence-electron chi connectivity index (χ1n) is 20.8. The van der Waals surface area contributed by atoms with E-state index in [0.29, 0.717) is 0 Å². The number of nitrogens with zero attached hydrogens (tertiary/aromatic N) is 1. The van der Waals surface area contributed by atoms with Gasteiger partial charge in [0.05, 0.1) is 11.4 Å². The molecule has 11 rings (SSSR count). The van der Waals surface area contributed by atoms with Gasteiger partial charge in [0.2, 0.25) is 0 Å². The third-order valence-electron chi connectivity index (χ3n) is 13.2. The highest BCUT2D eigenvalue weighted by Crippen LogP contribution is 2.56. The van der Waals surface area contributed by atoms with E-state index >= 15 is 0 Å². The molecule has 1 heteroatoms. The van der Waals surface area contributed by atoms with Crippen LogP contribution < -0.4 is 4.90 Å². The van der Waals surface area contributed by atoms with E-state index in [1.54, 1.807) is 0 Å². The molecule has 0 aromatic heterocycles. The van der Waals surface area contributed by atoms with Gasteiger partial charge in [-0.2, -0.15) is 0 Å². The second kappa shape index (κ2) is 13.3. The van der Waals surface area contributed by atoms with Gasteiger partial charge >= 0.3 is 0 Å². The predicted octanol–water partition coefficient (Wildman–Crippen LogP) is 15.9. The highest BCUT2D eigenvalue weighted by atomic mass is 15.1. The maximum Gasteiger partial charge on any atom is 0.0546 e. The van der Waals surface area contributed by atoms with Gasteiger partial charge in [0, 0.05) is 22.1 Å². The zero-order valence-electron chi connectivity index (χ0n) is 34.0. The molecule has 0 saturated heterocycles. The number of rotatable bonds is 6. The molecule has 0 N–H and O–H groups in total. The second-order valence-corrected chi connectivity index (χ2v) is 17.3. The van der Waals surface area contributed by atoms with Crippen molar-refractivity contribution < 1.29 is 0 Å². The van der Waals surface area contributed by atoms with Crippen LogP contribution in [0, 0.1) is 0 Å². The first-order valence-corrected chi connectivity index (χ1v) is 20.8. The summed E-state index contributed by atoms with van der Waals surface area (Å²) in [5.41, 5.74) is 21.4. The summed E-state index contributed by atoms with van der Waals surface area (Å²) in [7, 11) is 0. The van der Waals surface area contributed by atoms with Crippen LogP contribution in [0.3, 0.4) is 0 Å². The van der Waals surface area contributed by atoms with Gasteiger partial charge in [0.25, 0.3) is 0 Å². The van der Waals surface area contributed by atoms with Crippen molar-refractivity contribution in [3.8, 4) is 55.6 Å². The molecule has 0 atom stereocenters. The van der Waals surface area contributed by atoms with Crippen molar-refractivity contribution >= 4 is 27.8 Å². The second-order valence-electron chi connectivity index (χ2n) is 17.3. The number of hydrogen-bond donors (Lipinski definition) is 0. The quantitative estimate of drug-likeness (QED) is 0.163. The largest absolute Gasteiger partial charge is 0.309 e. The van der Waals surface area contributed by atoms with Crippen molar-refractivity contribution in [2.24, 2.45) is 0 Å². The molecule has 9 aromatic rings. The SMILES string of the molecule is CC1(C)c2ccccc2-c2ccc(-c3ccc4cc(N(c5cccc(-c6ccccc6)c5-c5ccccc5)c5cccc6c5C(C)(C)c5ccccc5-6)ccc4c3)cc21. The van der Waals surface area contributed by atoms with Crippen LogP contribution in [0.2, 0.25) is 0 Å². The summed E-state index contributed by atoms with van der Waals surface area (Å²) in [6.07, 6.45) is 0. The minimum atomic E-state index is -0.206. The van der Waals surface area contributed by atoms with Crippen LogP contribution in [-0.2, 0) is 10.8 Å². The number of anilines is 3. The Hall–Kier alpha value is -6.96.